The molecule has 0 radical (unpaired) electrons. The number of carbonyl (C=O) groups is 2. The third kappa shape index (κ3) is 11.7. The van der Waals surface area contributed by atoms with Gasteiger partial charge in [-0.15, -0.1) is 0 Å². The highest BCUT2D eigenvalue weighted by Gasteiger charge is 2.21. The van der Waals surface area contributed by atoms with Crippen LogP contribution in [0.25, 0.3) is 0 Å². The van der Waals surface area contributed by atoms with Gasteiger partial charge in [0, 0.05) is 25.8 Å². The van der Waals surface area contributed by atoms with Gasteiger partial charge in [0.2, 0.25) is 5.91 Å². The van der Waals surface area contributed by atoms with E-state index in [-0.39, 0.29) is 24.2 Å². The zero-order valence-electron chi connectivity index (χ0n) is 20.2. The molecule has 1 aliphatic carbocycles. The van der Waals surface area contributed by atoms with Crippen LogP contribution in [0.5, 0.6) is 0 Å². The highest BCUT2D eigenvalue weighted by Crippen LogP contribution is 2.25. The normalized spacial score (nSPS) is 30.2. The number of aliphatic hydroxyl groups excluding tert-OH is 2. The SMILES string of the molecule is C=C1C[C@H](C)CC(=O)NCCCCC(=O)O[C@H]([C@@H](O)/C=C/C2CCCCC2)C/C=C/[C@@H](O)C1. The maximum atomic E-state index is 12.4. The largest absolute Gasteiger partial charge is 0.459 e. The van der Waals surface area contributed by atoms with Crippen molar-refractivity contribution in [1.29, 1.82) is 0 Å². The summed E-state index contributed by atoms with van der Waals surface area (Å²) < 4.78 is 5.61. The van der Waals surface area contributed by atoms with Crippen molar-refractivity contribution in [3.63, 3.8) is 0 Å². The van der Waals surface area contributed by atoms with E-state index in [9.17, 15) is 19.8 Å². The van der Waals surface area contributed by atoms with Crippen LogP contribution in [0.1, 0.15) is 84.0 Å². The molecule has 1 saturated carbocycles. The molecule has 0 aromatic rings. The quantitative estimate of drug-likeness (QED) is 0.429. The van der Waals surface area contributed by atoms with E-state index in [0.717, 1.165) is 18.4 Å². The van der Waals surface area contributed by atoms with Crippen LogP contribution in [0.2, 0.25) is 0 Å². The van der Waals surface area contributed by atoms with Gasteiger partial charge in [-0.05, 0) is 50.4 Å². The number of aliphatic hydroxyl groups is 2. The van der Waals surface area contributed by atoms with Crippen molar-refractivity contribution in [3.8, 4) is 0 Å². The van der Waals surface area contributed by atoms with Crippen LogP contribution >= 0.6 is 0 Å². The van der Waals surface area contributed by atoms with Crippen LogP contribution in [-0.4, -0.2) is 46.9 Å². The molecule has 0 unspecified atom stereocenters. The minimum Gasteiger partial charge on any atom is -0.459 e. The number of esters is 1. The Labute approximate surface area is 199 Å². The number of allylic oxidation sites excluding steroid dienone is 1. The number of cyclic esters (lactones) is 1. The maximum absolute atomic E-state index is 12.4. The van der Waals surface area contributed by atoms with Gasteiger partial charge in [-0.2, -0.15) is 0 Å². The van der Waals surface area contributed by atoms with Gasteiger partial charge in [0.15, 0.2) is 0 Å². The molecule has 0 aromatic heterocycles. The lowest BCUT2D eigenvalue weighted by molar-refractivity contribution is -0.153. The van der Waals surface area contributed by atoms with Crippen LogP contribution in [0.4, 0.5) is 0 Å². The molecule has 6 heteroatoms. The second-order valence-corrected chi connectivity index (χ2v) is 9.81. The summed E-state index contributed by atoms with van der Waals surface area (Å²) in [6.45, 7) is 6.58. The maximum Gasteiger partial charge on any atom is 0.306 e. The fourth-order valence-corrected chi connectivity index (χ4v) is 4.60. The van der Waals surface area contributed by atoms with E-state index in [1.165, 1.54) is 19.3 Å². The average Bonchev–Trinajstić information content (AvgIpc) is 2.76. The molecule has 6 nitrogen and oxygen atoms in total. The van der Waals surface area contributed by atoms with E-state index in [4.69, 9.17) is 4.74 Å². The van der Waals surface area contributed by atoms with Gasteiger partial charge in [-0.3, -0.25) is 9.59 Å². The van der Waals surface area contributed by atoms with Gasteiger partial charge >= 0.3 is 5.97 Å². The van der Waals surface area contributed by atoms with Gasteiger partial charge in [-0.1, -0.05) is 62.6 Å². The first-order chi connectivity index (χ1) is 15.8. The van der Waals surface area contributed by atoms with Crippen molar-refractivity contribution >= 4 is 11.9 Å². The molecule has 4 atom stereocenters. The topological polar surface area (TPSA) is 95.9 Å². The van der Waals surface area contributed by atoms with Crippen molar-refractivity contribution in [2.75, 3.05) is 6.54 Å². The van der Waals surface area contributed by atoms with Crippen LogP contribution < -0.4 is 5.32 Å². The Morgan fingerprint density at radius 2 is 1.88 bits per heavy atom. The van der Waals surface area contributed by atoms with E-state index in [1.54, 1.807) is 18.2 Å². The molecule has 0 saturated heterocycles. The third-order valence-corrected chi connectivity index (χ3v) is 6.42. The van der Waals surface area contributed by atoms with Gasteiger partial charge in [0.25, 0.3) is 0 Å². The smallest absolute Gasteiger partial charge is 0.306 e. The molecule has 1 fully saturated rings. The lowest BCUT2D eigenvalue weighted by Gasteiger charge is -2.22. The molecule has 33 heavy (non-hydrogen) atoms. The number of nitrogens with one attached hydrogen (secondary N) is 1. The van der Waals surface area contributed by atoms with Gasteiger partial charge in [0.1, 0.15) is 12.2 Å². The first-order valence-corrected chi connectivity index (χ1v) is 12.7. The Bertz CT molecular complexity index is 680. The monoisotopic (exact) mass is 461 g/mol. The fourth-order valence-electron chi connectivity index (χ4n) is 4.60. The predicted octanol–water partition coefficient (Wildman–Crippen LogP) is 4.37. The minimum atomic E-state index is -0.890. The van der Waals surface area contributed by atoms with Crippen molar-refractivity contribution in [2.45, 2.75) is 102 Å². The summed E-state index contributed by atoms with van der Waals surface area (Å²) in [6.07, 6.45) is 14.4. The van der Waals surface area contributed by atoms with Crippen LogP contribution in [-0.2, 0) is 14.3 Å². The second-order valence-electron chi connectivity index (χ2n) is 9.81. The molecule has 1 amide bonds. The molecule has 1 heterocycles. The molecular formula is C27H43NO5. The molecule has 3 N–H and O–H groups in total. The molecule has 2 aliphatic rings. The second kappa shape index (κ2) is 15.1. The number of hydrogen-bond donors (Lipinski definition) is 3. The highest BCUT2D eigenvalue weighted by molar-refractivity contribution is 5.76. The minimum absolute atomic E-state index is 0.00706. The van der Waals surface area contributed by atoms with E-state index in [2.05, 4.69) is 18.0 Å². The molecule has 2 rings (SSSR count). The predicted molar refractivity (Wildman–Crippen MR) is 130 cm³/mol. The van der Waals surface area contributed by atoms with Crippen molar-refractivity contribution in [3.05, 3.63) is 36.5 Å². The molecular weight excluding hydrogens is 418 g/mol. The average molecular weight is 462 g/mol. The number of ether oxygens (including phenoxy) is 1. The zero-order valence-corrected chi connectivity index (χ0v) is 20.2. The Morgan fingerprint density at radius 1 is 1.12 bits per heavy atom. The first kappa shape index (κ1) is 27.3. The Hall–Kier alpha value is -1.92. The Kier molecular flexibility index (Phi) is 12.5. The van der Waals surface area contributed by atoms with E-state index < -0.39 is 18.3 Å². The third-order valence-electron chi connectivity index (χ3n) is 6.42. The van der Waals surface area contributed by atoms with E-state index in [1.807, 2.05) is 6.92 Å². The van der Waals surface area contributed by atoms with Gasteiger partial charge < -0.3 is 20.3 Å². The van der Waals surface area contributed by atoms with Gasteiger partial charge in [0.05, 0.1) is 6.10 Å². The summed E-state index contributed by atoms with van der Waals surface area (Å²) in [5.41, 5.74) is 0.895. The Balaban J connectivity index is 2.02. The fraction of sp³-hybridized carbons (Fsp3) is 0.704. The van der Waals surface area contributed by atoms with Crippen LogP contribution in [0, 0.1) is 11.8 Å². The van der Waals surface area contributed by atoms with E-state index >= 15 is 0 Å². The molecule has 186 valence electrons. The van der Waals surface area contributed by atoms with Gasteiger partial charge in [-0.25, -0.2) is 0 Å². The number of carbonyl (C=O) groups excluding carboxylic acids is 2. The summed E-state index contributed by atoms with van der Waals surface area (Å²) in [5, 5.41) is 24.0. The van der Waals surface area contributed by atoms with Crippen molar-refractivity contribution < 1.29 is 24.5 Å². The zero-order chi connectivity index (χ0) is 24.1. The summed E-state index contributed by atoms with van der Waals surface area (Å²) in [7, 11) is 0. The standard InChI is InChI=1S/C27H43NO5/c1-20-17-21(2)19-26(31)28-16-7-6-13-27(32)33-25(12-8-11-23(29)18-20)24(30)15-14-22-9-4-3-5-10-22/h8,11,14-15,21-25,29-30H,1,3-7,9-10,12-13,16-19H2,2H3,(H,28,31)/b11-8+,15-14+/t21-,23+,24-,25-/m0/s1. The first-order valence-electron chi connectivity index (χ1n) is 12.7. The summed E-state index contributed by atoms with van der Waals surface area (Å²) in [5.74, 6) is 0.267. The number of amides is 1. The number of rotatable bonds is 3. The Morgan fingerprint density at radius 3 is 2.64 bits per heavy atom. The summed E-state index contributed by atoms with van der Waals surface area (Å²) in [6, 6.07) is 0. The van der Waals surface area contributed by atoms with Crippen LogP contribution in [0.15, 0.2) is 36.5 Å². The van der Waals surface area contributed by atoms with E-state index in [0.29, 0.717) is 51.0 Å². The highest BCUT2D eigenvalue weighted by atomic mass is 16.6. The molecule has 1 aliphatic heterocycles. The molecule has 0 spiro atoms. The summed E-state index contributed by atoms with van der Waals surface area (Å²) >= 11 is 0. The lowest BCUT2D eigenvalue weighted by Crippen LogP contribution is -2.30. The number of hydrogen-bond acceptors (Lipinski definition) is 5. The summed E-state index contributed by atoms with van der Waals surface area (Å²) in [4.78, 5) is 24.5. The van der Waals surface area contributed by atoms with Crippen LogP contribution in [0.3, 0.4) is 0 Å². The lowest BCUT2D eigenvalue weighted by atomic mass is 9.88. The molecule has 0 aromatic carbocycles. The van der Waals surface area contributed by atoms with Crippen molar-refractivity contribution in [1.82, 2.24) is 5.32 Å². The molecule has 0 bridgehead atoms. The van der Waals surface area contributed by atoms with Crippen molar-refractivity contribution in [2.24, 2.45) is 11.8 Å².